The highest BCUT2D eigenvalue weighted by Crippen LogP contribution is 2.39. The summed E-state index contributed by atoms with van der Waals surface area (Å²) in [6.07, 6.45) is 3.12. The Kier molecular flexibility index (Phi) is 2.63. The average molecular weight is 306 g/mol. The number of hydrogen-bond donors (Lipinski definition) is 0. The van der Waals surface area contributed by atoms with Crippen molar-refractivity contribution in [1.82, 2.24) is 15.0 Å². The molecule has 0 N–H and O–H groups in total. The second kappa shape index (κ2) is 4.30. The Labute approximate surface area is 123 Å². The summed E-state index contributed by atoms with van der Waals surface area (Å²) in [7, 11) is 0. The molecule has 0 bridgehead atoms. The lowest BCUT2D eigenvalue weighted by atomic mass is 10.2. The van der Waals surface area contributed by atoms with E-state index < -0.39 is 5.92 Å². The maximum Gasteiger partial charge on any atom is 0.266 e. The predicted octanol–water partition coefficient (Wildman–Crippen LogP) is 3.39. The second-order valence-corrected chi connectivity index (χ2v) is 6.37. The molecule has 3 aromatic rings. The number of rotatable bonds is 1. The third-order valence-electron chi connectivity index (χ3n) is 3.70. The van der Waals surface area contributed by atoms with Crippen LogP contribution < -0.4 is 4.90 Å². The first-order valence-corrected chi connectivity index (χ1v) is 7.48. The summed E-state index contributed by atoms with van der Waals surface area (Å²) in [6.45, 7) is 2.01. The van der Waals surface area contributed by atoms with Gasteiger partial charge in [-0.25, -0.2) is 23.7 Å². The van der Waals surface area contributed by atoms with Crippen LogP contribution in [0.5, 0.6) is 0 Å². The number of aryl methyl sites for hydroxylation is 1. The number of nitrogens with zero attached hydrogens (tertiary/aromatic N) is 4. The molecule has 0 unspecified atom stereocenters. The first kappa shape index (κ1) is 12.8. The van der Waals surface area contributed by atoms with Gasteiger partial charge in [-0.15, -0.1) is 11.3 Å². The minimum absolute atomic E-state index is 0.124. The molecular weight excluding hydrogens is 294 g/mol. The molecule has 4 rings (SSSR count). The van der Waals surface area contributed by atoms with Gasteiger partial charge in [-0.2, -0.15) is 0 Å². The number of alkyl halides is 2. The van der Waals surface area contributed by atoms with E-state index in [1.807, 2.05) is 13.0 Å². The summed E-state index contributed by atoms with van der Waals surface area (Å²) in [5.74, 6) is -2.04. The second-order valence-electron chi connectivity index (χ2n) is 5.37. The van der Waals surface area contributed by atoms with Gasteiger partial charge in [0.2, 0.25) is 0 Å². The molecule has 0 saturated carbocycles. The van der Waals surface area contributed by atoms with Gasteiger partial charge in [0.15, 0.2) is 0 Å². The number of thiophene rings is 1. The van der Waals surface area contributed by atoms with Crippen molar-refractivity contribution in [2.45, 2.75) is 19.3 Å². The van der Waals surface area contributed by atoms with Crippen molar-refractivity contribution in [2.24, 2.45) is 0 Å². The molecule has 1 aliphatic rings. The lowest BCUT2D eigenvalue weighted by molar-refractivity contribution is 0.0257. The highest BCUT2D eigenvalue weighted by molar-refractivity contribution is 7.25. The van der Waals surface area contributed by atoms with E-state index >= 15 is 0 Å². The molecular formula is C14H12F2N4S. The summed E-state index contributed by atoms with van der Waals surface area (Å²) in [6, 6.07) is 2.02. The Morgan fingerprint density at radius 2 is 2.14 bits per heavy atom. The number of fused-ring (bicyclic) bond motifs is 3. The lowest BCUT2D eigenvalue weighted by Gasteiger charge is -2.17. The zero-order valence-corrected chi connectivity index (χ0v) is 12.1. The van der Waals surface area contributed by atoms with E-state index in [9.17, 15) is 8.78 Å². The first-order valence-electron chi connectivity index (χ1n) is 6.66. The van der Waals surface area contributed by atoms with Gasteiger partial charge in [-0.3, -0.25) is 0 Å². The van der Waals surface area contributed by atoms with Crippen LogP contribution in [0.4, 0.5) is 14.6 Å². The highest BCUT2D eigenvalue weighted by atomic mass is 32.1. The molecule has 1 saturated heterocycles. The van der Waals surface area contributed by atoms with E-state index in [-0.39, 0.29) is 13.0 Å². The smallest absolute Gasteiger partial charge is 0.266 e. The van der Waals surface area contributed by atoms with E-state index in [1.165, 1.54) is 17.7 Å². The Bertz CT molecular complexity index is 845. The fourth-order valence-electron chi connectivity index (χ4n) is 2.70. The molecule has 0 radical (unpaired) electrons. The Hall–Kier alpha value is -1.89. The summed E-state index contributed by atoms with van der Waals surface area (Å²) in [4.78, 5) is 15.5. The van der Waals surface area contributed by atoms with Crippen molar-refractivity contribution in [2.75, 3.05) is 18.0 Å². The molecule has 0 spiro atoms. The average Bonchev–Trinajstić information content (AvgIpc) is 2.98. The van der Waals surface area contributed by atoms with Crippen LogP contribution in [0, 0.1) is 6.92 Å². The van der Waals surface area contributed by atoms with Crippen molar-refractivity contribution in [3.8, 4) is 0 Å². The lowest BCUT2D eigenvalue weighted by Crippen LogP contribution is -2.25. The van der Waals surface area contributed by atoms with Crippen LogP contribution in [-0.4, -0.2) is 34.0 Å². The van der Waals surface area contributed by atoms with Crippen LogP contribution in [0.25, 0.3) is 20.4 Å². The minimum Gasteiger partial charge on any atom is -0.349 e. The molecule has 0 amide bonds. The number of anilines is 1. The van der Waals surface area contributed by atoms with Gasteiger partial charge in [-0.05, 0) is 18.6 Å². The van der Waals surface area contributed by atoms with Crippen molar-refractivity contribution in [3.63, 3.8) is 0 Å². The molecule has 0 aromatic carbocycles. The standard InChI is InChI=1S/C14H12F2N4S/c1-8-4-9-10-11(21-13(9)17-5-8)12(19-7-18-10)20-3-2-14(15,16)6-20/h4-5,7H,2-3,6H2,1H3. The Morgan fingerprint density at radius 1 is 1.29 bits per heavy atom. The summed E-state index contributed by atoms with van der Waals surface area (Å²) < 4.78 is 27.7. The quantitative estimate of drug-likeness (QED) is 0.691. The van der Waals surface area contributed by atoms with Crippen molar-refractivity contribution in [1.29, 1.82) is 0 Å². The molecule has 4 nitrogen and oxygen atoms in total. The van der Waals surface area contributed by atoms with Gasteiger partial charge < -0.3 is 4.90 Å². The van der Waals surface area contributed by atoms with E-state index in [4.69, 9.17) is 0 Å². The van der Waals surface area contributed by atoms with Crippen LogP contribution in [-0.2, 0) is 0 Å². The van der Waals surface area contributed by atoms with Crippen LogP contribution in [0.15, 0.2) is 18.6 Å². The summed E-state index contributed by atoms with van der Waals surface area (Å²) in [5, 5.41) is 0.963. The Balaban J connectivity index is 1.92. The first-order chi connectivity index (χ1) is 10.0. The van der Waals surface area contributed by atoms with Crippen molar-refractivity contribution in [3.05, 3.63) is 24.2 Å². The highest BCUT2D eigenvalue weighted by Gasteiger charge is 2.39. The number of hydrogen-bond acceptors (Lipinski definition) is 5. The van der Waals surface area contributed by atoms with Gasteiger partial charge in [-0.1, -0.05) is 0 Å². The zero-order valence-electron chi connectivity index (χ0n) is 11.3. The maximum atomic E-state index is 13.4. The molecule has 108 valence electrons. The van der Waals surface area contributed by atoms with Crippen molar-refractivity contribution >= 4 is 37.6 Å². The SMILES string of the molecule is Cc1cnc2sc3c(N4CCC(F)(F)C4)ncnc3c2c1. The molecule has 7 heteroatoms. The van der Waals surface area contributed by atoms with E-state index in [1.54, 1.807) is 11.1 Å². The van der Waals surface area contributed by atoms with Crippen LogP contribution in [0.1, 0.15) is 12.0 Å². The minimum atomic E-state index is -2.64. The van der Waals surface area contributed by atoms with Crippen LogP contribution in [0.2, 0.25) is 0 Å². The van der Waals surface area contributed by atoms with E-state index in [2.05, 4.69) is 15.0 Å². The van der Waals surface area contributed by atoms with Crippen molar-refractivity contribution < 1.29 is 8.78 Å². The molecule has 1 fully saturated rings. The fourth-order valence-corrected chi connectivity index (χ4v) is 3.79. The van der Waals surface area contributed by atoms with E-state index in [0.717, 1.165) is 26.0 Å². The molecule has 0 aliphatic carbocycles. The van der Waals surface area contributed by atoms with Gasteiger partial charge in [0.1, 0.15) is 17.0 Å². The Morgan fingerprint density at radius 3 is 2.90 bits per heavy atom. The van der Waals surface area contributed by atoms with Gasteiger partial charge in [0.05, 0.1) is 16.8 Å². The predicted molar refractivity (Wildman–Crippen MR) is 79.2 cm³/mol. The van der Waals surface area contributed by atoms with Gasteiger partial charge in [0, 0.05) is 24.5 Å². The normalized spacial score (nSPS) is 18.0. The van der Waals surface area contributed by atoms with Crippen LogP contribution >= 0.6 is 11.3 Å². The zero-order chi connectivity index (χ0) is 14.6. The molecule has 1 aliphatic heterocycles. The molecule has 21 heavy (non-hydrogen) atoms. The third kappa shape index (κ3) is 2.03. The topological polar surface area (TPSA) is 41.9 Å². The summed E-state index contributed by atoms with van der Waals surface area (Å²) in [5.41, 5.74) is 1.85. The van der Waals surface area contributed by atoms with E-state index in [0.29, 0.717) is 12.4 Å². The largest absolute Gasteiger partial charge is 0.349 e. The summed E-state index contributed by atoms with van der Waals surface area (Å²) >= 11 is 1.46. The third-order valence-corrected chi connectivity index (χ3v) is 4.79. The van der Waals surface area contributed by atoms with Gasteiger partial charge in [0.25, 0.3) is 5.92 Å². The van der Waals surface area contributed by atoms with Crippen LogP contribution in [0.3, 0.4) is 0 Å². The number of halogens is 2. The number of pyridine rings is 1. The maximum absolute atomic E-state index is 13.4. The number of aromatic nitrogens is 3. The molecule has 3 aromatic heterocycles. The van der Waals surface area contributed by atoms with Gasteiger partial charge >= 0.3 is 0 Å². The fraction of sp³-hybridized carbons (Fsp3) is 0.357. The molecule has 0 atom stereocenters. The monoisotopic (exact) mass is 306 g/mol. The molecule has 4 heterocycles.